The molecule has 0 aliphatic carbocycles. The Morgan fingerprint density at radius 1 is 1.73 bits per heavy atom. The molecule has 0 bridgehead atoms. The van der Waals surface area contributed by atoms with Gasteiger partial charge in [-0.2, -0.15) is 5.10 Å². The van der Waals surface area contributed by atoms with Crippen LogP contribution >= 0.6 is 0 Å². The van der Waals surface area contributed by atoms with E-state index < -0.39 is 0 Å². The maximum Gasteiger partial charge on any atom is 0.0700 e. The fourth-order valence-corrected chi connectivity index (χ4v) is 1.90. The molecule has 4 nitrogen and oxygen atoms in total. The van der Waals surface area contributed by atoms with Gasteiger partial charge in [0.25, 0.3) is 0 Å². The molecule has 1 aromatic rings. The summed E-state index contributed by atoms with van der Waals surface area (Å²) in [5.74, 6) is 0. The average molecular weight is 209 g/mol. The van der Waals surface area contributed by atoms with Crippen molar-refractivity contribution >= 4 is 0 Å². The van der Waals surface area contributed by atoms with Gasteiger partial charge in [0.15, 0.2) is 0 Å². The van der Waals surface area contributed by atoms with E-state index in [4.69, 9.17) is 4.74 Å². The molecule has 0 amide bonds. The van der Waals surface area contributed by atoms with E-state index in [2.05, 4.69) is 17.3 Å². The Bertz CT molecular complexity index is 305. The Balaban J connectivity index is 1.79. The third-order valence-electron chi connectivity index (χ3n) is 2.90. The second-order valence-corrected chi connectivity index (χ2v) is 4.21. The molecule has 1 aliphatic heterocycles. The van der Waals surface area contributed by atoms with Crippen molar-refractivity contribution in [3.8, 4) is 0 Å². The first-order valence-electron chi connectivity index (χ1n) is 5.59. The summed E-state index contributed by atoms with van der Waals surface area (Å²) in [5.41, 5.74) is 1.23. The minimum atomic E-state index is 0.350. The lowest BCUT2D eigenvalue weighted by Gasteiger charge is -2.15. The molecule has 1 N–H and O–H groups in total. The van der Waals surface area contributed by atoms with Crippen LogP contribution in [0.5, 0.6) is 0 Å². The molecule has 0 saturated carbocycles. The van der Waals surface area contributed by atoms with Gasteiger partial charge in [-0.3, -0.25) is 4.68 Å². The van der Waals surface area contributed by atoms with E-state index in [0.717, 1.165) is 13.2 Å². The molecule has 1 aliphatic rings. The van der Waals surface area contributed by atoms with Crippen LogP contribution in [0, 0.1) is 0 Å². The molecule has 84 valence electrons. The van der Waals surface area contributed by atoms with Crippen LogP contribution in [0.3, 0.4) is 0 Å². The molecular weight excluding hydrogens is 190 g/mol. The van der Waals surface area contributed by atoms with Gasteiger partial charge in [0.1, 0.15) is 0 Å². The Hall–Kier alpha value is -0.870. The molecule has 0 unspecified atom stereocenters. The highest BCUT2D eigenvalue weighted by molar-refractivity contribution is 5.08. The van der Waals surface area contributed by atoms with Crippen LogP contribution in [0.15, 0.2) is 12.4 Å². The van der Waals surface area contributed by atoms with Crippen LogP contribution in [-0.4, -0.2) is 29.0 Å². The summed E-state index contributed by atoms with van der Waals surface area (Å²) < 4.78 is 7.39. The predicted octanol–water partition coefficient (Wildman–Crippen LogP) is 1.25. The first-order chi connectivity index (χ1) is 7.25. The van der Waals surface area contributed by atoms with Crippen molar-refractivity contribution in [1.82, 2.24) is 15.1 Å². The molecule has 1 saturated heterocycles. The molecule has 1 fully saturated rings. The predicted molar refractivity (Wildman–Crippen MR) is 58.6 cm³/mol. The summed E-state index contributed by atoms with van der Waals surface area (Å²) in [7, 11) is 1.94. The normalized spacial score (nSPS) is 23.2. The lowest BCUT2D eigenvalue weighted by atomic mass is 10.1. The number of ether oxygens (including phenoxy) is 1. The van der Waals surface area contributed by atoms with Gasteiger partial charge in [-0.25, -0.2) is 0 Å². The quantitative estimate of drug-likeness (QED) is 0.811. The van der Waals surface area contributed by atoms with Gasteiger partial charge >= 0.3 is 0 Å². The Labute approximate surface area is 90.6 Å². The van der Waals surface area contributed by atoms with Crippen LogP contribution < -0.4 is 5.32 Å². The summed E-state index contributed by atoms with van der Waals surface area (Å²) in [6.07, 6.45) is 6.75. The SMILES string of the molecule is C[C@H](NC[C@@H]1CCCO1)c1cnn(C)c1. The third-order valence-corrected chi connectivity index (χ3v) is 2.90. The highest BCUT2D eigenvalue weighted by Gasteiger charge is 2.16. The number of hydrogen-bond donors (Lipinski definition) is 1. The van der Waals surface area contributed by atoms with Crippen molar-refractivity contribution in [2.45, 2.75) is 31.9 Å². The molecule has 0 spiro atoms. The monoisotopic (exact) mass is 209 g/mol. The van der Waals surface area contributed by atoms with Crippen LogP contribution in [0.2, 0.25) is 0 Å². The maximum atomic E-state index is 5.56. The van der Waals surface area contributed by atoms with E-state index in [1.54, 1.807) is 0 Å². The van der Waals surface area contributed by atoms with E-state index in [-0.39, 0.29) is 0 Å². The Morgan fingerprint density at radius 3 is 3.20 bits per heavy atom. The molecule has 15 heavy (non-hydrogen) atoms. The first-order valence-corrected chi connectivity index (χ1v) is 5.59. The van der Waals surface area contributed by atoms with Crippen LogP contribution in [0.1, 0.15) is 31.4 Å². The van der Waals surface area contributed by atoms with Crippen molar-refractivity contribution in [3.63, 3.8) is 0 Å². The number of aromatic nitrogens is 2. The van der Waals surface area contributed by atoms with E-state index in [0.29, 0.717) is 12.1 Å². The molecule has 4 heteroatoms. The zero-order chi connectivity index (χ0) is 10.7. The van der Waals surface area contributed by atoms with Gasteiger partial charge in [-0.15, -0.1) is 0 Å². The smallest absolute Gasteiger partial charge is 0.0700 e. The lowest BCUT2D eigenvalue weighted by Crippen LogP contribution is -2.28. The zero-order valence-corrected chi connectivity index (χ0v) is 9.44. The lowest BCUT2D eigenvalue weighted by molar-refractivity contribution is 0.108. The van der Waals surface area contributed by atoms with Gasteiger partial charge in [0.05, 0.1) is 12.3 Å². The van der Waals surface area contributed by atoms with Gasteiger partial charge in [-0.05, 0) is 19.8 Å². The van der Waals surface area contributed by atoms with Gasteiger partial charge in [-0.1, -0.05) is 0 Å². The Kier molecular flexibility index (Phi) is 3.38. The molecule has 2 rings (SSSR count). The van der Waals surface area contributed by atoms with Crippen molar-refractivity contribution in [3.05, 3.63) is 18.0 Å². The van der Waals surface area contributed by atoms with Gasteiger partial charge in [0.2, 0.25) is 0 Å². The van der Waals surface area contributed by atoms with Crippen LogP contribution in [0.25, 0.3) is 0 Å². The Morgan fingerprint density at radius 2 is 2.60 bits per heavy atom. The van der Waals surface area contributed by atoms with Crippen molar-refractivity contribution < 1.29 is 4.74 Å². The number of rotatable bonds is 4. The second kappa shape index (κ2) is 4.77. The molecule has 1 aromatic heterocycles. The van der Waals surface area contributed by atoms with E-state index in [9.17, 15) is 0 Å². The highest BCUT2D eigenvalue weighted by atomic mass is 16.5. The van der Waals surface area contributed by atoms with Crippen molar-refractivity contribution in [2.24, 2.45) is 7.05 Å². The molecule has 2 atom stereocenters. The minimum absolute atomic E-state index is 0.350. The standard InChI is InChI=1S/C11H19N3O/c1-9(10-6-13-14(2)8-10)12-7-11-4-3-5-15-11/h6,8-9,11-12H,3-5,7H2,1-2H3/t9-,11-/m0/s1. The maximum absolute atomic E-state index is 5.56. The topological polar surface area (TPSA) is 39.1 Å². The van der Waals surface area contributed by atoms with E-state index in [1.165, 1.54) is 18.4 Å². The van der Waals surface area contributed by atoms with Gasteiger partial charge in [0, 0.05) is 38.0 Å². The fourth-order valence-electron chi connectivity index (χ4n) is 1.90. The fraction of sp³-hybridized carbons (Fsp3) is 0.727. The number of hydrogen-bond acceptors (Lipinski definition) is 3. The number of nitrogens with one attached hydrogen (secondary N) is 1. The summed E-state index contributed by atoms with van der Waals surface area (Å²) in [4.78, 5) is 0. The summed E-state index contributed by atoms with van der Waals surface area (Å²) >= 11 is 0. The molecule has 0 aromatic carbocycles. The van der Waals surface area contributed by atoms with Crippen LogP contribution in [-0.2, 0) is 11.8 Å². The zero-order valence-electron chi connectivity index (χ0n) is 9.44. The summed E-state index contributed by atoms with van der Waals surface area (Å²) in [5, 5.41) is 7.64. The van der Waals surface area contributed by atoms with E-state index >= 15 is 0 Å². The van der Waals surface area contributed by atoms with Gasteiger partial charge < -0.3 is 10.1 Å². The summed E-state index contributed by atoms with van der Waals surface area (Å²) in [6.45, 7) is 4.02. The molecular formula is C11H19N3O. The summed E-state index contributed by atoms with van der Waals surface area (Å²) in [6, 6.07) is 0.350. The highest BCUT2D eigenvalue weighted by Crippen LogP contribution is 2.14. The largest absolute Gasteiger partial charge is 0.377 e. The average Bonchev–Trinajstić information content (AvgIpc) is 2.84. The van der Waals surface area contributed by atoms with Crippen LogP contribution in [0.4, 0.5) is 0 Å². The third kappa shape index (κ3) is 2.79. The van der Waals surface area contributed by atoms with Crippen molar-refractivity contribution in [1.29, 1.82) is 0 Å². The molecule has 0 radical (unpaired) electrons. The number of nitrogens with zero attached hydrogens (tertiary/aromatic N) is 2. The second-order valence-electron chi connectivity index (χ2n) is 4.21. The van der Waals surface area contributed by atoms with Crippen molar-refractivity contribution in [2.75, 3.05) is 13.2 Å². The minimum Gasteiger partial charge on any atom is -0.377 e. The van der Waals surface area contributed by atoms with E-state index in [1.807, 2.05) is 24.1 Å². The molecule has 2 heterocycles. The first kappa shape index (κ1) is 10.6. The number of aryl methyl sites for hydroxylation is 1.